The monoisotopic (exact) mass is 327 g/mol. The lowest BCUT2D eigenvalue weighted by Crippen LogP contribution is -2.27. The molecule has 24 heavy (non-hydrogen) atoms. The first-order valence-electron chi connectivity index (χ1n) is 8.49. The van der Waals surface area contributed by atoms with Crippen LogP contribution in [0, 0.1) is 0 Å². The molecule has 0 atom stereocenters. The van der Waals surface area contributed by atoms with Crippen molar-refractivity contribution in [3.63, 3.8) is 0 Å². The molecular formula is C19H25N3O2. The number of methoxy groups -OCH3 is 1. The van der Waals surface area contributed by atoms with Crippen molar-refractivity contribution < 1.29 is 9.53 Å². The van der Waals surface area contributed by atoms with E-state index in [1.165, 1.54) is 18.3 Å². The fourth-order valence-corrected chi connectivity index (χ4v) is 3.35. The number of imidazole rings is 1. The smallest absolute Gasteiger partial charge is 0.325 e. The molecule has 0 saturated carbocycles. The van der Waals surface area contributed by atoms with E-state index in [0.29, 0.717) is 0 Å². The van der Waals surface area contributed by atoms with Crippen LogP contribution in [0.3, 0.4) is 0 Å². The molecule has 5 nitrogen and oxygen atoms in total. The summed E-state index contributed by atoms with van der Waals surface area (Å²) in [6.45, 7) is 2.48. The summed E-state index contributed by atoms with van der Waals surface area (Å²) < 4.78 is 6.64. The highest BCUT2D eigenvalue weighted by Gasteiger charge is 2.19. The van der Waals surface area contributed by atoms with Gasteiger partial charge in [0.05, 0.1) is 7.11 Å². The van der Waals surface area contributed by atoms with E-state index >= 15 is 0 Å². The molecule has 2 heterocycles. The highest BCUT2D eigenvalue weighted by atomic mass is 16.5. The molecule has 3 rings (SSSR count). The summed E-state index contributed by atoms with van der Waals surface area (Å²) in [5, 5.41) is 0. The predicted octanol–water partition coefficient (Wildman–Crippen LogP) is 2.51. The Morgan fingerprint density at radius 1 is 1.33 bits per heavy atom. The zero-order valence-electron chi connectivity index (χ0n) is 14.5. The number of allylic oxidation sites excluding steroid dienone is 5. The lowest BCUT2D eigenvalue weighted by molar-refractivity contribution is -0.141. The number of carbonyl (C=O) groups is 1. The van der Waals surface area contributed by atoms with Crippen molar-refractivity contribution in [1.29, 1.82) is 0 Å². The largest absolute Gasteiger partial charge is 0.468 e. The van der Waals surface area contributed by atoms with E-state index in [-0.39, 0.29) is 12.5 Å². The van der Waals surface area contributed by atoms with E-state index in [0.717, 1.165) is 44.6 Å². The maximum atomic E-state index is 11.6. The molecule has 5 heteroatoms. The Kier molecular flexibility index (Phi) is 5.30. The predicted molar refractivity (Wildman–Crippen MR) is 93.5 cm³/mol. The van der Waals surface area contributed by atoms with E-state index in [2.05, 4.69) is 35.2 Å². The molecule has 1 aliphatic heterocycles. The van der Waals surface area contributed by atoms with Crippen LogP contribution in [-0.4, -0.2) is 47.7 Å². The minimum Gasteiger partial charge on any atom is -0.468 e. The summed E-state index contributed by atoms with van der Waals surface area (Å²) in [7, 11) is 3.60. The number of carbonyl (C=O) groups excluding carboxylic acids is 1. The minimum absolute atomic E-state index is 0.214. The second-order valence-electron chi connectivity index (χ2n) is 6.43. The number of nitrogens with zero attached hydrogens (tertiary/aromatic N) is 3. The standard InChI is InChI=1S/C19H25N3O2/c1-21-10-7-15(8-11-21)17-6-4-3-5-16(17)13-18-20-9-12-22(18)14-19(23)24-2/h3-5,9,12H,6-8,10-11,13-14H2,1-2H3. The number of esters is 1. The number of hydrogen-bond donors (Lipinski definition) is 0. The van der Waals surface area contributed by atoms with Gasteiger partial charge in [0, 0.05) is 31.9 Å². The van der Waals surface area contributed by atoms with Crippen LogP contribution in [-0.2, 0) is 22.5 Å². The van der Waals surface area contributed by atoms with Crippen molar-refractivity contribution in [2.75, 3.05) is 27.2 Å². The van der Waals surface area contributed by atoms with Gasteiger partial charge in [-0.15, -0.1) is 0 Å². The Labute approximate surface area is 143 Å². The Morgan fingerprint density at radius 3 is 2.88 bits per heavy atom. The molecule has 1 aliphatic carbocycles. The van der Waals surface area contributed by atoms with Crippen molar-refractivity contribution in [1.82, 2.24) is 14.5 Å². The minimum atomic E-state index is -0.249. The molecule has 0 N–H and O–H groups in total. The molecule has 1 aromatic heterocycles. The van der Waals surface area contributed by atoms with Crippen molar-refractivity contribution in [2.24, 2.45) is 0 Å². The third-order valence-electron chi connectivity index (χ3n) is 4.84. The third-order valence-corrected chi connectivity index (χ3v) is 4.84. The van der Waals surface area contributed by atoms with Gasteiger partial charge in [-0.25, -0.2) is 4.98 Å². The number of aromatic nitrogens is 2. The number of rotatable bonds is 4. The van der Waals surface area contributed by atoms with Gasteiger partial charge in [-0.3, -0.25) is 4.79 Å². The van der Waals surface area contributed by atoms with E-state index in [1.54, 1.807) is 11.8 Å². The summed E-state index contributed by atoms with van der Waals surface area (Å²) in [6.07, 6.45) is 14.2. The lowest BCUT2D eigenvalue weighted by atomic mass is 9.87. The summed E-state index contributed by atoms with van der Waals surface area (Å²) in [4.78, 5) is 18.4. The van der Waals surface area contributed by atoms with Crippen molar-refractivity contribution in [3.8, 4) is 0 Å². The molecule has 0 aromatic carbocycles. The van der Waals surface area contributed by atoms with Crippen molar-refractivity contribution in [2.45, 2.75) is 32.2 Å². The average molecular weight is 327 g/mol. The van der Waals surface area contributed by atoms with Crippen LogP contribution in [0.25, 0.3) is 0 Å². The van der Waals surface area contributed by atoms with E-state index in [1.807, 2.05) is 10.8 Å². The zero-order chi connectivity index (χ0) is 16.9. The molecule has 128 valence electrons. The second-order valence-corrected chi connectivity index (χ2v) is 6.43. The highest BCUT2D eigenvalue weighted by Crippen LogP contribution is 2.30. The lowest BCUT2D eigenvalue weighted by Gasteiger charge is -2.28. The summed E-state index contributed by atoms with van der Waals surface area (Å²) in [5.41, 5.74) is 4.38. The maximum absolute atomic E-state index is 11.6. The van der Waals surface area contributed by atoms with Gasteiger partial charge in [-0.05, 0) is 37.5 Å². The van der Waals surface area contributed by atoms with Crippen LogP contribution in [0.2, 0.25) is 0 Å². The number of ether oxygens (including phenoxy) is 1. The molecular weight excluding hydrogens is 302 g/mol. The first kappa shape index (κ1) is 16.7. The van der Waals surface area contributed by atoms with Gasteiger partial charge in [-0.2, -0.15) is 0 Å². The van der Waals surface area contributed by atoms with Gasteiger partial charge in [0.2, 0.25) is 0 Å². The summed E-state index contributed by atoms with van der Waals surface area (Å²) in [6, 6.07) is 0. The molecule has 0 bridgehead atoms. The van der Waals surface area contributed by atoms with Gasteiger partial charge in [0.25, 0.3) is 0 Å². The van der Waals surface area contributed by atoms with Crippen molar-refractivity contribution >= 4 is 5.97 Å². The van der Waals surface area contributed by atoms with E-state index < -0.39 is 0 Å². The van der Waals surface area contributed by atoms with Gasteiger partial charge in [0.15, 0.2) is 0 Å². The highest BCUT2D eigenvalue weighted by molar-refractivity contribution is 5.69. The summed E-state index contributed by atoms with van der Waals surface area (Å²) in [5.74, 6) is 0.661. The van der Waals surface area contributed by atoms with Crippen LogP contribution < -0.4 is 0 Å². The number of likely N-dealkylation sites (tertiary alicyclic amines) is 1. The van der Waals surface area contributed by atoms with Crippen LogP contribution in [0.1, 0.15) is 25.1 Å². The molecule has 0 unspecified atom stereocenters. The molecule has 2 aliphatic rings. The van der Waals surface area contributed by atoms with Crippen LogP contribution >= 0.6 is 0 Å². The second kappa shape index (κ2) is 7.62. The summed E-state index contributed by atoms with van der Waals surface area (Å²) >= 11 is 0. The number of piperidine rings is 1. The van der Waals surface area contributed by atoms with Gasteiger partial charge in [0.1, 0.15) is 12.4 Å². The van der Waals surface area contributed by atoms with Crippen LogP contribution in [0.15, 0.2) is 47.3 Å². The normalized spacial score (nSPS) is 18.7. The zero-order valence-corrected chi connectivity index (χ0v) is 14.5. The van der Waals surface area contributed by atoms with Crippen LogP contribution in [0.4, 0.5) is 0 Å². The molecule has 0 spiro atoms. The van der Waals surface area contributed by atoms with Gasteiger partial charge >= 0.3 is 5.97 Å². The maximum Gasteiger partial charge on any atom is 0.325 e. The van der Waals surface area contributed by atoms with E-state index in [9.17, 15) is 4.79 Å². The Hall–Kier alpha value is -2.14. The quantitative estimate of drug-likeness (QED) is 0.797. The van der Waals surface area contributed by atoms with E-state index in [4.69, 9.17) is 4.74 Å². The average Bonchev–Trinajstić information content (AvgIpc) is 3.03. The molecule has 1 aromatic rings. The Balaban J connectivity index is 1.79. The third kappa shape index (κ3) is 3.85. The Morgan fingerprint density at radius 2 is 2.12 bits per heavy atom. The first-order valence-corrected chi connectivity index (χ1v) is 8.49. The first-order chi connectivity index (χ1) is 11.7. The molecule has 0 amide bonds. The SMILES string of the molecule is COC(=O)Cn1ccnc1CC1=CC=CCC1=C1CCN(C)CC1. The topological polar surface area (TPSA) is 47.4 Å². The molecule has 1 saturated heterocycles. The Bertz CT molecular complexity index is 687. The fraction of sp³-hybridized carbons (Fsp3) is 0.474. The molecule has 1 fully saturated rings. The van der Waals surface area contributed by atoms with Gasteiger partial charge < -0.3 is 14.2 Å². The van der Waals surface area contributed by atoms with Crippen molar-refractivity contribution in [3.05, 3.63) is 53.2 Å². The van der Waals surface area contributed by atoms with Crippen LogP contribution in [0.5, 0.6) is 0 Å². The molecule has 0 radical (unpaired) electrons. The number of hydrogen-bond acceptors (Lipinski definition) is 4. The van der Waals surface area contributed by atoms with Gasteiger partial charge in [-0.1, -0.05) is 23.8 Å². The fourth-order valence-electron chi connectivity index (χ4n) is 3.35.